The Morgan fingerprint density at radius 3 is 2.83 bits per heavy atom. The first kappa shape index (κ1) is 9.28. The highest BCUT2D eigenvalue weighted by molar-refractivity contribution is 9.10. The molecule has 0 bridgehead atoms. The summed E-state index contributed by atoms with van der Waals surface area (Å²) in [6, 6.07) is 0. The fourth-order valence-corrected chi connectivity index (χ4v) is 1.28. The van der Waals surface area contributed by atoms with Crippen LogP contribution in [0.2, 0.25) is 0 Å². The van der Waals surface area contributed by atoms with Crippen molar-refractivity contribution < 1.29 is 4.74 Å². The molecular formula is C7H8BrN2O2-. The van der Waals surface area contributed by atoms with Gasteiger partial charge in [0.05, 0.1) is 17.8 Å². The molecule has 0 atom stereocenters. The molecule has 1 N–H and O–H groups in total. The molecule has 66 valence electrons. The van der Waals surface area contributed by atoms with Gasteiger partial charge in [0, 0.05) is 5.69 Å². The van der Waals surface area contributed by atoms with Gasteiger partial charge in [0.1, 0.15) is 0 Å². The summed E-state index contributed by atoms with van der Waals surface area (Å²) in [5.41, 5.74) is 3.02. The van der Waals surface area contributed by atoms with Crippen molar-refractivity contribution in [2.45, 2.75) is 6.92 Å². The second kappa shape index (κ2) is 3.73. The zero-order valence-electron chi connectivity index (χ0n) is 6.72. The van der Waals surface area contributed by atoms with E-state index in [2.05, 4.69) is 20.9 Å². The van der Waals surface area contributed by atoms with Crippen LogP contribution in [0.15, 0.2) is 10.7 Å². The number of nitrogens with one attached hydrogen (secondary N) is 1. The lowest BCUT2D eigenvalue weighted by atomic mass is 10.2. The van der Waals surface area contributed by atoms with Crippen LogP contribution in [-0.4, -0.2) is 12.1 Å². The number of rotatable bonds is 2. The van der Waals surface area contributed by atoms with Gasteiger partial charge in [0.25, 0.3) is 0 Å². The van der Waals surface area contributed by atoms with E-state index in [4.69, 9.17) is 4.74 Å². The first-order valence-corrected chi connectivity index (χ1v) is 4.07. The Morgan fingerprint density at radius 1 is 1.67 bits per heavy atom. The van der Waals surface area contributed by atoms with Crippen LogP contribution in [0, 0.1) is 12.1 Å². The number of nitrogens with zero attached hydrogens (tertiary/aromatic N) is 1. The van der Waals surface area contributed by atoms with Crippen LogP contribution >= 0.6 is 15.9 Å². The maximum Gasteiger partial charge on any atom is 0.228 e. The lowest BCUT2D eigenvalue weighted by Gasteiger charge is -2.14. The molecule has 1 aromatic heterocycles. The lowest BCUT2D eigenvalue weighted by molar-refractivity contribution is 0.395. The highest BCUT2D eigenvalue weighted by atomic mass is 79.9. The van der Waals surface area contributed by atoms with Crippen molar-refractivity contribution in [3.8, 4) is 5.88 Å². The predicted molar refractivity (Wildman–Crippen MR) is 50.2 cm³/mol. The Balaban J connectivity index is 3.20. The topological polar surface area (TPSA) is 57.2 Å². The third-order valence-corrected chi connectivity index (χ3v) is 2.47. The number of pyridine rings is 1. The van der Waals surface area contributed by atoms with Crippen LogP contribution in [0.5, 0.6) is 5.88 Å². The van der Waals surface area contributed by atoms with Gasteiger partial charge in [-0.15, -0.1) is 0 Å². The fraction of sp³-hybridized carbons (Fsp3) is 0.286. The quantitative estimate of drug-likeness (QED) is 0.793. The molecule has 0 unspecified atom stereocenters. The fourth-order valence-electron chi connectivity index (χ4n) is 0.801. The molecule has 5 heteroatoms. The van der Waals surface area contributed by atoms with Crippen LogP contribution < -0.4 is 10.2 Å². The molecule has 0 spiro atoms. The molecule has 0 radical (unpaired) electrons. The monoisotopic (exact) mass is 231 g/mol. The van der Waals surface area contributed by atoms with Gasteiger partial charge in [-0.25, -0.2) is 4.98 Å². The average Bonchev–Trinajstić information content (AvgIpc) is 2.10. The standard InChI is InChI=1S/C7H8BrN2O2/c1-4-5(10-11)3-9-7(12-2)6(4)8/h3,10H,1-2H3/q-1. The van der Waals surface area contributed by atoms with Crippen molar-refractivity contribution in [2.24, 2.45) is 0 Å². The Hall–Kier alpha value is -0.810. The zero-order valence-corrected chi connectivity index (χ0v) is 8.31. The lowest BCUT2D eigenvalue weighted by Crippen LogP contribution is -1.95. The van der Waals surface area contributed by atoms with Crippen LogP contribution in [0.1, 0.15) is 5.56 Å². The molecule has 0 saturated carbocycles. The molecule has 0 aliphatic heterocycles. The minimum Gasteiger partial charge on any atom is -0.761 e. The molecular weight excluding hydrogens is 224 g/mol. The number of aromatic nitrogens is 1. The summed E-state index contributed by atoms with van der Waals surface area (Å²) in [5, 5.41) is 10.4. The Labute approximate surface area is 78.7 Å². The van der Waals surface area contributed by atoms with Crippen molar-refractivity contribution in [2.75, 3.05) is 12.6 Å². The Morgan fingerprint density at radius 2 is 2.33 bits per heavy atom. The number of anilines is 1. The van der Waals surface area contributed by atoms with E-state index < -0.39 is 0 Å². The van der Waals surface area contributed by atoms with Crippen molar-refractivity contribution in [3.05, 3.63) is 21.4 Å². The first-order valence-electron chi connectivity index (χ1n) is 3.28. The van der Waals surface area contributed by atoms with E-state index in [0.717, 1.165) is 5.56 Å². The first-order chi connectivity index (χ1) is 5.70. The van der Waals surface area contributed by atoms with Crippen LogP contribution in [0.4, 0.5) is 5.69 Å². The van der Waals surface area contributed by atoms with E-state index in [1.165, 1.54) is 13.3 Å². The van der Waals surface area contributed by atoms with E-state index in [1.807, 2.05) is 0 Å². The molecule has 0 amide bonds. The van der Waals surface area contributed by atoms with Gasteiger partial charge in [-0.1, -0.05) is 0 Å². The van der Waals surface area contributed by atoms with Gasteiger partial charge < -0.3 is 15.4 Å². The normalized spacial score (nSPS) is 9.67. The molecule has 12 heavy (non-hydrogen) atoms. The van der Waals surface area contributed by atoms with Crippen molar-refractivity contribution in [3.63, 3.8) is 0 Å². The molecule has 1 aromatic rings. The van der Waals surface area contributed by atoms with E-state index in [-0.39, 0.29) is 0 Å². The van der Waals surface area contributed by atoms with Crippen molar-refractivity contribution >= 4 is 21.6 Å². The SMILES string of the molecule is COc1ncc(N[O-])c(C)c1Br. The Bertz CT molecular complexity index is 262. The van der Waals surface area contributed by atoms with Gasteiger partial charge in [0.2, 0.25) is 5.88 Å². The second-order valence-corrected chi connectivity index (χ2v) is 3.02. The van der Waals surface area contributed by atoms with Crippen LogP contribution in [0.25, 0.3) is 0 Å². The summed E-state index contributed by atoms with van der Waals surface area (Å²) in [7, 11) is 1.52. The minimum atomic E-state index is 0.447. The van der Waals surface area contributed by atoms with E-state index in [9.17, 15) is 5.21 Å². The number of hydrogen-bond donors (Lipinski definition) is 1. The Kier molecular flexibility index (Phi) is 2.88. The molecule has 0 saturated heterocycles. The average molecular weight is 232 g/mol. The predicted octanol–water partition coefficient (Wildman–Crippen LogP) is 2.07. The number of halogens is 1. The molecule has 1 rings (SSSR count). The highest BCUT2D eigenvalue weighted by Gasteiger charge is 2.06. The zero-order chi connectivity index (χ0) is 9.14. The van der Waals surface area contributed by atoms with Gasteiger partial charge in [-0.3, -0.25) is 0 Å². The highest BCUT2D eigenvalue weighted by Crippen LogP contribution is 2.30. The van der Waals surface area contributed by atoms with E-state index in [1.54, 1.807) is 12.4 Å². The summed E-state index contributed by atoms with van der Waals surface area (Å²) >= 11 is 3.27. The largest absolute Gasteiger partial charge is 0.761 e. The molecule has 0 aliphatic carbocycles. The van der Waals surface area contributed by atoms with Crippen molar-refractivity contribution in [1.29, 1.82) is 0 Å². The van der Waals surface area contributed by atoms with E-state index in [0.29, 0.717) is 16.0 Å². The van der Waals surface area contributed by atoms with Gasteiger partial charge in [0.15, 0.2) is 0 Å². The van der Waals surface area contributed by atoms with Crippen LogP contribution in [-0.2, 0) is 0 Å². The third-order valence-electron chi connectivity index (χ3n) is 1.54. The van der Waals surface area contributed by atoms with E-state index >= 15 is 0 Å². The van der Waals surface area contributed by atoms with Crippen LogP contribution in [0.3, 0.4) is 0 Å². The number of hydrogen-bond acceptors (Lipinski definition) is 4. The molecule has 0 aromatic carbocycles. The molecule has 0 aliphatic rings. The summed E-state index contributed by atoms with van der Waals surface area (Å²) in [5.74, 6) is 0.478. The third kappa shape index (κ3) is 1.51. The maximum absolute atomic E-state index is 10.4. The smallest absolute Gasteiger partial charge is 0.228 e. The molecule has 0 fully saturated rings. The molecule has 4 nitrogen and oxygen atoms in total. The van der Waals surface area contributed by atoms with Gasteiger partial charge in [-0.05, 0) is 28.4 Å². The summed E-state index contributed by atoms with van der Waals surface area (Å²) < 4.78 is 5.64. The summed E-state index contributed by atoms with van der Waals surface area (Å²) in [6.07, 6.45) is 1.44. The number of methoxy groups -OCH3 is 1. The second-order valence-electron chi connectivity index (χ2n) is 2.22. The maximum atomic E-state index is 10.4. The van der Waals surface area contributed by atoms with Gasteiger partial charge in [-0.2, -0.15) is 0 Å². The summed E-state index contributed by atoms with van der Waals surface area (Å²) in [6.45, 7) is 1.80. The minimum absolute atomic E-state index is 0.447. The molecule has 1 heterocycles. The number of ether oxygens (including phenoxy) is 1. The summed E-state index contributed by atoms with van der Waals surface area (Å²) in [4.78, 5) is 3.90. The van der Waals surface area contributed by atoms with Crippen molar-refractivity contribution in [1.82, 2.24) is 4.98 Å². The van der Waals surface area contributed by atoms with Gasteiger partial charge >= 0.3 is 0 Å².